The fourth-order valence-corrected chi connectivity index (χ4v) is 3.46. The lowest BCUT2D eigenvalue weighted by Gasteiger charge is -1.93. The van der Waals surface area contributed by atoms with E-state index < -0.39 is 0 Å². The first-order valence-corrected chi connectivity index (χ1v) is 7.23. The lowest BCUT2D eigenvalue weighted by Crippen LogP contribution is -1.87. The van der Waals surface area contributed by atoms with Gasteiger partial charge in [0.2, 0.25) is 0 Å². The highest BCUT2D eigenvalue weighted by Crippen LogP contribution is 2.33. The maximum absolute atomic E-state index is 11.5. The second-order valence-corrected chi connectivity index (χ2v) is 6.00. The van der Waals surface area contributed by atoms with E-state index in [9.17, 15) is 4.79 Å². The Labute approximate surface area is 101 Å². The molecule has 0 saturated carbocycles. The van der Waals surface area contributed by atoms with Crippen LogP contribution in [0, 0.1) is 6.92 Å². The van der Waals surface area contributed by atoms with Gasteiger partial charge >= 0.3 is 0 Å². The normalized spacial score (nSPS) is 18.7. The predicted molar refractivity (Wildman–Crippen MR) is 70.6 cm³/mol. The van der Waals surface area contributed by atoms with Gasteiger partial charge in [0.25, 0.3) is 5.91 Å². The maximum atomic E-state index is 11.5. The van der Waals surface area contributed by atoms with Crippen LogP contribution in [0.5, 0.6) is 0 Å². The first kappa shape index (κ1) is 11.0. The third-order valence-corrected chi connectivity index (χ3v) is 4.87. The van der Waals surface area contributed by atoms with Crippen LogP contribution in [0.25, 0.3) is 6.08 Å². The van der Waals surface area contributed by atoms with Gasteiger partial charge in [0.1, 0.15) is 4.38 Å². The molecule has 0 spiro atoms. The zero-order valence-electron chi connectivity index (χ0n) is 8.31. The largest absolute Gasteiger partial charge is 0.285 e. The Morgan fingerprint density at radius 2 is 2.33 bits per heavy atom. The highest BCUT2D eigenvalue weighted by molar-refractivity contribution is 8.40. The lowest BCUT2D eigenvalue weighted by atomic mass is 10.3. The number of thioether (sulfide) groups is 2. The van der Waals surface area contributed by atoms with Crippen molar-refractivity contribution >= 4 is 51.2 Å². The molecule has 1 aromatic heterocycles. The van der Waals surface area contributed by atoms with Crippen LogP contribution in [0.4, 0.5) is 0 Å². The summed E-state index contributed by atoms with van der Waals surface area (Å²) in [7, 11) is 0. The number of hydrogen-bond donors (Lipinski definition) is 0. The molecule has 1 aromatic rings. The molecule has 0 N–H and O–H groups in total. The molecule has 0 aromatic carbocycles. The summed E-state index contributed by atoms with van der Waals surface area (Å²) in [6.45, 7) is 2.04. The maximum Gasteiger partial charge on any atom is 0.285 e. The number of nitrogens with zero attached hydrogens (tertiary/aromatic N) is 1. The SMILES string of the molecule is CSC1=NC(=O)/C(=C/c2sccc2C)S1. The van der Waals surface area contributed by atoms with Crippen LogP contribution < -0.4 is 0 Å². The lowest BCUT2D eigenvalue weighted by molar-refractivity contribution is -0.113. The van der Waals surface area contributed by atoms with Gasteiger partial charge in [-0.15, -0.1) is 23.1 Å². The average molecular weight is 255 g/mol. The van der Waals surface area contributed by atoms with Crippen LogP contribution in [0.2, 0.25) is 0 Å². The summed E-state index contributed by atoms with van der Waals surface area (Å²) < 4.78 is 0.834. The Balaban J connectivity index is 2.25. The third-order valence-electron chi connectivity index (χ3n) is 1.94. The molecule has 0 aliphatic carbocycles. The Hall–Kier alpha value is -0.520. The molecule has 78 valence electrons. The molecule has 5 heteroatoms. The number of aliphatic imine (C=N–C) groups is 1. The second kappa shape index (κ2) is 4.55. The van der Waals surface area contributed by atoms with Crippen molar-refractivity contribution in [3.63, 3.8) is 0 Å². The molecule has 0 saturated heterocycles. The highest BCUT2D eigenvalue weighted by Gasteiger charge is 2.21. The van der Waals surface area contributed by atoms with Crippen molar-refractivity contribution in [2.24, 2.45) is 4.99 Å². The van der Waals surface area contributed by atoms with Crippen molar-refractivity contribution in [3.05, 3.63) is 26.8 Å². The van der Waals surface area contributed by atoms with E-state index in [0.29, 0.717) is 0 Å². The fourth-order valence-electron chi connectivity index (χ4n) is 1.13. The molecule has 1 aliphatic heterocycles. The van der Waals surface area contributed by atoms with E-state index in [1.165, 1.54) is 29.1 Å². The van der Waals surface area contributed by atoms with Crippen molar-refractivity contribution in [2.45, 2.75) is 6.92 Å². The van der Waals surface area contributed by atoms with Crippen LogP contribution in [-0.4, -0.2) is 16.5 Å². The molecule has 0 fully saturated rings. The molecule has 1 aliphatic rings. The van der Waals surface area contributed by atoms with Gasteiger partial charge in [-0.05, 0) is 36.3 Å². The number of thiophene rings is 1. The molecular formula is C10H9NOS3. The molecule has 1 amide bonds. The fraction of sp³-hybridized carbons (Fsp3) is 0.200. The van der Waals surface area contributed by atoms with Gasteiger partial charge in [-0.3, -0.25) is 4.79 Å². The third kappa shape index (κ3) is 2.35. The number of amides is 1. The monoisotopic (exact) mass is 255 g/mol. The van der Waals surface area contributed by atoms with E-state index in [0.717, 1.165) is 14.2 Å². The van der Waals surface area contributed by atoms with E-state index in [2.05, 4.69) is 11.1 Å². The predicted octanol–water partition coefficient (Wildman–Crippen LogP) is 3.39. The van der Waals surface area contributed by atoms with Crippen molar-refractivity contribution in [1.82, 2.24) is 0 Å². The first-order valence-electron chi connectivity index (χ1n) is 4.31. The van der Waals surface area contributed by atoms with Gasteiger partial charge in [0.05, 0.1) is 4.91 Å². The van der Waals surface area contributed by atoms with Crippen molar-refractivity contribution in [1.29, 1.82) is 0 Å². The summed E-state index contributed by atoms with van der Waals surface area (Å²) in [5.41, 5.74) is 1.21. The van der Waals surface area contributed by atoms with Crippen LogP contribution >= 0.6 is 34.9 Å². The minimum absolute atomic E-state index is 0.114. The summed E-state index contributed by atoms with van der Waals surface area (Å²) in [5.74, 6) is -0.114. The minimum atomic E-state index is -0.114. The quantitative estimate of drug-likeness (QED) is 0.720. The van der Waals surface area contributed by atoms with Crippen LogP contribution in [0.3, 0.4) is 0 Å². The second-order valence-electron chi connectivity index (χ2n) is 2.97. The molecular weight excluding hydrogens is 246 g/mol. The van der Waals surface area contributed by atoms with Gasteiger partial charge in [-0.2, -0.15) is 4.99 Å². The number of aryl methyl sites for hydroxylation is 1. The van der Waals surface area contributed by atoms with Crippen molar-refractivity contribution in [2.75, 3.05) is 6.26 Å². The summed E-state index contributed by atoms with van der Waals surface area (Å²) in [6, 6.07) is 2.05. The molecule has 2 rings (SSSR count). The Bertz CT molecular complexity index is 459. The summed E-state index contributed by atoms with van der Waals surface area (Å²) >= 11 is 4.62. The van der Waals surface area contributed by atoms with E-state index in [-0.39, 0.29) is 5.91 Å². The zero-order valence-corrected chi connectivity index (χ0v) is 10.8. The number of carbonyl (C=O) groups excluding carboxylic acids is 1. The Morgan fingerprint density at radius 3 is 2.87 bits per heavy atom. The summed E-state index contributed by atoms with van der Waals surface area (Å²) in [6.07, 6.45) is 3.86. The molecule has 0 atom stereocenters. The molecule has 0 bridgehead atoms. The zero-order chi connectivity index (χ0) is 10.8. The standard InChI is InChI=1S/C10H9NOS3/c1-6-3-4-14-7(6)5-8-9(12)11-10(13-2)15-8/h3-5H,1-2H3/b8-5-. The topological polar surface area (TPSA) is 29.4 Å². The summed E-state index contributed by atoms with van der Waals surface area (Å²) in [5, 5.41) is 2.03. The van der Waals surface area contributed by atoms with Crippen molar-refractivity contribution < 1.29 is 4.79 Å². The number of rotatable bonds is 1. The van der Waals surface area contributed by atoms with Gasteiger partial charge in [-0.1, -0.05) is 11.8 Å². The van der Waals surface area contributed by atoms with Crippen LogP contribution in [0.1, 0.15) is 10.4 Å². The van der Waals surface area contributed by atoms with Crippen molar-refractivity contribution in [3.8, 4) is 0 Å². The van der Waals surface area contributed by atoms with Crippen LogP contribution in [-0.2, 0) is 4.79 Å². The molecule has 0 radical (unpaired) electrons. The van der Waals surface area contributed by atoms with Gasteiger partial charge in [0, 0.05) is 4.88 Å². The Morgan fingerprint density at radius 1 is 1.53 bits per heavy atom. The van der Waals surface area contributed by atoms with Gasteiger partial charge < -0.3 is 0 Å². The van der Waals surface area contributed by atoms with E-state index in [1.54, 1.807) is 11.3 Å². The average Bonchev–Trinajstić information content (AvgIpc) is 2.76. The first-order chi connectivity index (χ1) is 7.20. The van der Waals surface area contributed by atoms with E-state index in [1.807, 2.05) is 24.6 Å². The van der Waals surface area contributed by atoms with E-state index >= 15 is 0 Å². The number of carbonyl (C=O) groups is 1. The molecule has 2 nitrogen and oxygen atoms in total. The van der Waals surface area contributed by atoms with Gasteiger partial charge in [0.15, 0.2) is 0 Å². The molecule has 2 heterocycles. The molecule has 0 unspecified atom stereocenters. The summed E-state index contributed by atoms with van der Waals surface area (Å²) in [4.78, 5) is 17.3. The minimum Gasteiger partial charge on any atom is -0.266 e. The smallest absolute Gasteiger partial charge is 0.266 e. The number of hydrogen-bond acceptors (Lipinski definition) is 4. The molecule has 15 heavy (non-hydrogen) atoms. The van der Waals surface area contributed by atoms with Crippen LogP contribution in [0.15, 0.2) is 21.3 Å². The van der Waals surface area contributed by atoms with Gasteiger partial charge in [-0.25, -0.2) is 0 Å². The highest BCUT2D eigenvalue weighted by atomic mass is 32.2. The Kier molecular flexibility index (Phi) is 3.33. The van der Waals surface area contributed by atoms with E-state index in [4.69, 9.17) is 0 Å².